The first kappa shape index (κ1) is 23.2. The second-order valence-electron chi connectivity index (χ2n) is 9.16. The van der Waals surface area contributed by atoms with Crippen molar-refractivity contribution in [3.05, 3.63) is 57.4 Å². The summed E-state index contributed by atoms with van der Waals surface area (Å²) >= 11 is 0. The van der Waals surface area contributed by atoms with Crippen molar-refractivity contribution in [3.63, 3.8) is 0 Å². The van der Waals surface area contributed by atoms with Gasteiger partial charge in [-0.2, -0.15) is 5.10 Å². The minimum atomic E-state index is -0.157. The third kappa shape index (κ3) is 5.16. The highest BCUT2D eigenvalue weighted by atomic mass is 16.5. The van der Waals surface area contributed by atoms with Crippen LogP contribution in [0, 0.1) is 6.92 Å². The molecule has 1 spiro atoms. The van der Waals surface area contributed by atoms with E-state index in [1.54, 1.807) is 18.5 Å². The number of anilines is 1. The van der Waals surface area contributed by atoms with Crippen LogP contribution in [0.3, 0.4) is 0 Å². The molecule has 4 heterocycles. The van der Waals surface area contributed by atoms with E-state index in [2.05, 4.69) is 20.1 Å². The Balaban J connectivity index is 1.53. The number of nitrogens with zero attached hydrogens (tertiary/aromatic N) is 5. The topological polar surface area (TPSA) is 85.8 Å². The summed E-state index contributed by atoms with van der Waals surface area (Å²) in [5.74, 6) is 0.646. The number of aliphatic imine (C=N–C) groups is 1. The summed E-state index contributed by atoms with van der Waals surface area (Å²) in [5.41, 5.74) is 3.89. The zero-order valence-electron chi connectivity index (χ0n) is 20.0. The van der Waals surface area contributed by atoms with Crippen molar-refractivity contribution in [2.24, 2.45) is 4.99 Å². The molecule has 4 rings (SSSR count). The Hall–Kier alpha value is -3.00. The number of hydrogen-bond donors (Lipinski definition) is 0. The molecular weight excluding hydrogens is 418 g/mol. The van der Waals surface area contributed by atoms with Crippen LogP contribution in [0.2, 0.25) is 0 Å². The Morgan fingerprint density at radius 1 is 1.24 bits per heavy atom. The second-order valence-corrected chi connectivity index (χ2v) is 9.16. The van der Waals surface area contributed by atoms with Crippen LogP contribution in [-0.4, -0.2) is 46.4 Å². The van der Waals surface area contributed by atoms with Crippen molar-refractivity contribution in [1.29, 1.82) is 0 Å². The summed E-state index contributed by atoms with van der Waals surface area (Å²) in [6, 6.07) is 1.66. The van der Waals surface area contributed by atoms with E-state index in [1.165, 1.54) is 17.5 Å². The maximum absolute atomic E-state index is 12.9. The molecule has 0 aromatic carbocycles. The van der Waals surface area contributed by atoms with Gasteiger partial charge in [0.15, 0.2) is 0 Å². The van der Waals surface area contributed by atoms with Gasteiger partial charge in [-0.25, -0.2) is 4.68 Å². The Kier molecular flexibility index (Phi) is 6.93. The molecule has 0 unspecified atom stereocenters. The van der Waals surface area contributed by atoms with Gasteiger partial charge in [0.05, 0.1) is 24.1 Å². The lowest BCUT2D eigenvalue weighted by Gasteiger charge is -2.50. The van der Waals surface area contributed by atoms with E-state index in [1.807, 2.05) is 39.8 Å². The van der Waals surface area contributed by atoms with Gasteiger partial charge in [0.1, 0.15) is 17.1 Å². The molecule has 2 aromatic heterocycles. The molecule has 0 bridgehead atoms. The molecule has 2 aliphatic heterocycles. The van der Waals surface area contributed by atoms with Crippen LogP contribution in [-0.2, 0) is 11.3 Å². The third-order valence-electron chi connectivity index (χ3n) is 6.24. The molecular formula is C25H33N5O3. The van der Waals surface area contributed by atoms with E-state index in [4.69, 9.17) is 9.26 Å². The minimum Gasteiger partial charge on any atom is -0.371 e. The van der Waals surface area contributed by atoms with E-state index in [9.17, 15) is 4.79 Å². The predicted molar refractivity (Wildman–Crippen MR) is 130 cm³/mol. The van der Waals surface area contributed by atoms with E-state index in [0.29, 0.717) is 17.2 Å². The van der Waals surface area contributed by atoms with Gasteiger partial charge in [-0.05, 0) is 46.6 Å². The Bertz CT molecular complexity index is 1120. The zero-order valence-corrected chi connectivity index (χ0v) is 20.0. The smallest absolute Gasteiger partial charge is 0.269 e. The average Bonchev–Trinajstić information content (AvgIpc) is 2.96. The fraction of sp³-hybridized carbons (Fsp3) is 0.520. The molecule has 8 nitrogen and oxygen atoms in total. The van der Waals surface area contributed by atoms with Crippen LogP contribution in [0.4, 0.5) is 5.69 Å². The van der Waals surface area contributed by atoms with Crippen LogP contribution in [0.25, 0.3) is 5.70 Å². The predicted octanol–water partition coefficient (Wildman–Crippen LogP) is 4.14. The molecule has 0 atom stereocenters. The van der Waals surface area contributed by atoms with Crippen molar-refractivity contribution < 1.29 is 9.26 Å². The number of hydrogen-bond acceptors (Lipinski definition) is 7. The zero-order chi connectivity index (χ0) is 23.4. The molecule has 2 aromatic rings. The molecule has 0 amide bonds. The van der Waals surface area contributed by atoms with Gasteiger partial charge in [0.25, 0.3) is 5.56 Å². The quantitative estimate of drug-likeness (QED) is 0.485. The molecule has 0 saturated carbocycles. The van der Waals surface area contributed by atoms with Gasteiger partial charge < -0.3 is 14.2 Å². The van der Waals surface area contributed by atoms with Crippen molar-refractivity contribution in [1.82, 2.24) is 14.9 Å². The van der Waals surface area contributed by atoms with E-state index in [-0.39, 0.29) is 17.7 Å². The lowest BCUT2D eigenvalue weighted by atomic mass is 9.88. The van der Waals surface area contributed by atoms with Crippen LogP contribution >= 0.6 is 0 Å². The summed E-state index contributed by atoms with van der Waals surface area (Å²) < 4.78 is 13.0. The molecule has 176 valence electrons. The van der Waals surface area contributed by atoms with E-state index >= 15 is 0 Å². The molecule has 33 heavy (non-hydrogen) atoms. The van der Waals surface area contributed by atoms with Crippen LogP contribution in [0.1, 0.15) is 63.5 Å². The fourth-order valence-electron chi connectivity index (χ4n) is 4.38. The normalized spacial score (nSPS) is 18.4. The molecule has 2 aliphatic rings. The number of aryl methyl sites for hydroxylation is 1. The van der Waals surface area contributed by atoms with Crippen molar-refractivity contribution in [2.75, 3.05) is 24.6 Å². The maximum Gasteiger partial charge on any atom is 0.269 e. The average molecular weight is 452 g/mol. The number of aromatic nitrogens is 3. The molecule has 0 N–H and O–H groups in total. The number of allylic oxidation sites excluding steroid dienone is 3. The molecule has 0 aliphatic carbocycles. The molecule has 0 radical (unpaired) electrons. The van der Waals surface area contributed by atoms with Crippen molar-refractivity contribution in [2.45, 2.75) is 65.5 Å². The van der Waals surface area contributed by atoms with Crippen LogP contribution < -0.4 is 10.5 Å². The fourth-order valence-corrected chi connectivity index (χ4v) is 4.38. The highest BCUT2D eigenvalue weighted by molar-refractivity contribution is 5.73. The second kappa shape index (κ2) is 9.87. The first-order valence-corrected chi connectivity index (χ1v) is 11.7. The summed E-state index contributed by atoms with van der Waals surface area (Å²) in [4.78, 5) is 19.5. The summed E-state index contributed by atoms with van der Waals surface area (Å²) in [6.45, 7) is 10.5. The van der Waals surface area contributed by atoms with Gasteiger partial charge in [-0.15, -0.1) is 0 Å². The maximum atomic E-state index is 12.9. The summed E-state index contributed by atoms with van der Waals surface area (Å²) in [6.07, 6.45) is 12.0. The molecule has 2 saturated heterocycles. The third-order valence-corrected chi connectivity index (χ3v) is 6.24. The SMILES string of the molecule is CC=N/C(=C\C=C(C)C)c1noc(C)c1Cn1ncc(N2CC3(CCCCCO3)C2)cc1=O. The largest absolute Gasteiger partial charge is 0.371 e. The first-order valence-electron chi connectivity index (χ1n) is 11.7. The van der Waals surface area contributed by atoms with E-state index in [0.717, 1.165) is 49.4 Å². The number of ether oxygens (including phenoxy) is 1. The van der Waals surface area contributed by atoms with E-state index < -0.39 is 0 Å². The lowest BCUT2D eigenvalue weighted by molar-refractivity contribution is -0.0620. The lowest BCUT2D eigenvalue weighted by Crippen LogP contribution is -2.63. The van der Waals surface area contributed by atoms with Crippen LogP contribution in [0.15, 0.2) is 44.3 Å². The highest BCUT2D eigenvalue weighted by Gasteiger charge is 2.44. The summed E-state index contributed by atoms with van der Waals surface area (Å²) in [7, 11) is 0. The highest BCUT2D eigenvalue weighted by Crippen LogP contribution is 2.35. The van der Waals surface area contributed by atoms with Gasteiger partial charge in [-0.3, -0.25) is 9.79 Å². The first-order chi connectivity index (χ1) is 15.9. The number of rotatable bonds is 6. The van der Waals surface area contributed by atoms with Gasteiger partial charge >= 0.3 is 0 Å². The Morgan fingerprint density at radius 3 is 2.79 bits per heavy atom. The minimum absolute atomic E-state index is 0.0480. The van der Waals surface area contributed by atoms with Gasteiger partial charge in [0.2, 0.25) is 0 Å². The summed E-state index contributed by atoms with van der Waals surface area (Å²) in [5, 5.41) is 8.66. The Morgan fingerprint density at radius 2 is 2.06 bits per heavy atom. The van der Waals surface area contributed by atoms with Crippen molar-refractivity contribution >= 4 is 17.6 Å². The standard InChI is InChI=1S/C25H33N5O3/c1-5-26-22(10-9-18(2)3)24-21(19(4)33-28-24)15-30-23(31)13-20(14-27-30)29-16-25(17-29)11-7-6-8-12-32-25/h5,9-10,13-14H,6-8,11-12,15-17H2,1-4H3/b22-10-,26-5?. The van der Waals surface area contributed by atoms with Crippen molar-refractivity contribution in [3.8, 4) is 0 Å². The monoisotopic (exact) mass is 451 g/mol. The molecule has 8 heteroatoms. The van der Waals surface area contributed by atoms with Gasteiger partial charge in [0, 0.05) is 37.5 Å². The van der Waals surface area contributed by atoms with Crippen LogP contribution in [0.5, 0.6) is 0 Å². The Labute approximate surface area is 194 Å². The van der Waals surface area contributed by atoms with Gasteiger partial charge in [-0.1, -0.05) is 29.6 Å². The molecule has 2 fully saturated rings.